The van der Waals surface area contributed by atoms with Crippen molar-refractivity contribution in [2.75, 3.05) is 46.8 Å². The first kappa shape index (κ1) is 44.8. The maximum atomic E-state index is 13.9. The van der Waals surface area contributed by atoms with Crippen molar-refractivity contribution in [2.24, 2.45) is 10.8 Å². The molecule has 2 atom stereocenters. The molecule has 0 spiro atoms. The van der Waals surface area contributed by atoms with Crippen LogP contribution in [0.15, 0.2) is 47.4 Å². The topological polar surface area (TPSA) is 146 Å². The Morgan fingerprint density at radius 1 is 0.917 bits per heavy atom. The van der Waals surface area contributed by atoms with Gasteiger partial charge in [-0.25, -0.2) is 4.98 Å². The highest BCUT2D eigenvalue weighted by Crippen LogP contribution is 2.42. The highest BCUT2D eigenvalue weighted by molar-refractivity contribution is 5.93. The lowest BCUT2D eigenvalue weighted by Gasteiger charge is -2.36. The van der Waals surface area contributed by atoms with Gasteiger partial charge in [0.1, 0.15) is 12.3 Å². The summed E-state index contributed by atoms with van der Waals surface area (Å²) in [6.45, 7) is 12.5. The van der Waals surface area contributed by atoms with Crippen molar-refractivity contribution in [3.05, 3.63) is 75.3 Å². The van der Waals surface area contributed by atoms with E-state index in [2.05, 4.69) is 43.1 Å². The SMILES string of the molecule is C#CCOCC(CC)(COC)COCC(CC)(CC)COCc1cn(CCCCCC(=O)O[C@]2(CC)C(=O)CCc3c2cc2n(c3=O)Cc3cc4ccccc4nc3-2)nn1. The van der Waals surface area contributed by atoms with Gasteiger partial charge < -0.3 is 28.3 Å². The van der Waals surface area contributed by atoms with Crippen molar-refractivity contribution in [1.29, 1.82) is 0 Å². The number of rotatable bonds is 24. The van der Waals surface area contributed by atoms with E-state index in [0.717, 1.165) is 60.0 Å². The van der Waals surface area contributed by atoms with Gasteiger partial charge in [-0.15, -0.1) is 11.5 Å². The molecule has 0 saturated carbocycles. The standard InChI is InChI=1S/C47H61N5O8/c1-7-23-57-32-46(10-4,29-56-6)33-59-31-45(8-2,9-3)30-58-28-36-27-51(50-49-36)22-16-12-13-19-42(54)60-47(11-5)38-25-40-43-35(24-34-17-14-15-18-39(34)48-43)26-52(40)44(55)37(38)20-21-41(47)53/h1,14-15,17-18,24-25,27H,8-13,16,19-23,26,28-33H2,2-6H3/t46?,47-/m0/s1. The van der Waals surface area contributed by atoms with Crippen LogP contribution in [0.2, 0.25) is 0 Å². The number of aromatic nitrogens is 5. The summed E-state index contributed by atoms with van der Waals surface area (Å²) in [4.78, 5) is 45.9. The lowest BCUT2D eigenvalue weighted by Crippen LogP contribution is -2.46. The Labute approximate surface area is 353 Å². The van der Waals surface area contributed by atoms with Crippen molar-refractivity contribution >= 4 is 22.7 Å². The average Bonchev–Trinajstić information content (AvgIpc) is 3.87. The number of carbonyl (C=O) groups excluding carboxylic acids is 2. The lowest BCUT2D eigenvalue weighted by molar-refractivity contribution is -0.170. The maximum Gasteiger partial charge on any atom is 0.307 e. The minimum Gasteiger partial charge on any atom is -0.446 e. The van der Waals surface area contributed by atoms with Gasteiger partial charge in [0.2, 0.25) is 0 Å². The highest BCUT2D eigenvalue weighted by atomic mass is 16.6. The number of ether oxygens (including phenoxy) is 5. The number of hydrogen-bond donors (Lipinski definition) is 0. The summed E-state index contributed by atoms with van der Waals surface area (Å²) in [5.41, 5.74) is 2.90. The Kier molecular flexibility index (Phi) is 15.1. The third-order valence-electron chi connectivity index (χ3n) is 12.7. The molecule has 0 radical (unpaired) electrons. The van der Waals surface area contributed by atoms with E-state index in [1.807, 2.05) is 43.5 Å². The predicted molar refractivity (Wildman–Crippen MR) is 228 cm³/mol. The number of esters is 1. The van der Waals surface area contributed by atoms with E-state index in [-0.39, 0.29) is 48.0 Å². The molecule has 0 amide bonds. The summed E-state index contributed by atoms with van der Waals surface area (Å²) >= 11 is 0. The molecule has 4 heterocycles. The van der Waals surface area contributed by atoms with Crippen LogP contribution in [0, 0.1) is 23.2 Å². The quantitative estimate of drug-likeness (QED) is 0.0361. The minimum atomic E-state index is -1.50. The second-order valence-corrected chi connectivity index (χ2v) is 16.5. The fourth-order valence-corrected chi connectivity index (χ4v) is 8.58. The number of hydrogen-bond acceptors (Lipinski definition) is 11. The fourth-order valence-electron chi connectivity index (χ4n) is 8.58. The summed E-state index contributed by atoms with van der Waals surface area (Å²) in [5, 5.41) is 9.62. The van der Waals surface area contributed by atoms with Gasteiger partial charge in [-0.3, -0.25) is 19.1 Å². The molecule has 2 aliphatic rings. The number of para-hydroxylation sites is 1. The molecule has 0 N–H and O–H groups in total. The molecule has 322 valence electrons. The van der Waals surface area contributed by atoms with Gasteiger partial charge in [0.15, 0.2) is 11.4 Å². The molecule has 13 heteroatoms. The van der Waals surface area contributed by atoms with Crippen LogP contribution in [0.25, 0.3) is 22.3 Å². The van der Waals surface area contributed by atoms with Gasteiger partial charge >= 0.3 is 5.97 Å². The molecule has 60 heavy (non-hydrogen) atoms. The van der Waals surface area contributed by atoms with E-state index in [1.165, 1.54) is 0 Å². The number of carbonyl (C=O) groups is 2. The zero-order chi connectivity index (χ0) is 42.8. The van der Waals surface area contributed by atoms with Crippen LogP contribution >= 0.6 is 0 Å². The maximum absolute atomic E-state index is 13.9. The van der Waals surface area contributed by atoms with E-state index < -0.39 is 11.6 Å². The number of aryl methyl sites for hydroxylation is 1. The fraction of sp³-hybridized carbons (Fsp3) is 0.574. The smallest absolute Gasteiger partial charge is 0.307 e. The lowest BCUT2D eigenvalue weighted by atomic mass is 9.76. The van der Waals surface area contributed by atoms with Gasteiger partial charge in [-0.05, 0) is 63.1 Å². The third kappa shape index (κ3) is 9.73. The molecule has 1 aliphatic carbocycles. The predicted octanol–water partition coefficient (Wildman–Crippen LogP) is 6.97. The molecular weight excluding hydrogens is 763 g/mol. The molecule has 1 unspecified atom stereocenters. The Morgan fingerprint density at radius 2 is 1.67 bits per heavy atom. The largest absolute Gasteiger partial charge is 0.446 e. The van der Waals surface area contributed by atoms with Gasteiger partial charge in [0, 0.05) is 59.4 Å². The van der Waals surface area contributed by atoms with E-state index in [0.29, 0.717) is 82.4 Å². The van der Waals surface area contributed by atoms with Crippen LogP contribution in [0.1, 0.15) is 108 Å². The molecule has 4 aromatic rings. The van der Waals surface area contributed by atoms with Crippen LogP contribution in [-0.4, -0.2) is 83.0 Å². The van der Waals surface area contributed by atoms with Crippen LogP contribution < -0.4 is 5.56 Å². The van der Waals surface area contributed by atoms with Crippen LogP contribution in [0.4, 0.5) is 0 Å². The molecule has 0 bridgehead atoms. The Morgan fingerprint density at radius 3 is 2.42 bits per heavy atom. The number of methoxy groups -OCH3 is 1. The molecule has 6 rings (SSSR count). The molecule has 1 aromatic carbocycles. The molecule has 1 aliphatic heterocycles. The molecule has 13 nitrogen and oxygen atoms in total. The molecule has 3 aromatic heterocycles. The normalized spacial score (nSPS) is 16.9. The van der Waals surface area contributed by atoms with E-state index >= 15 is 0 Å². The highest BCUT2D eigenvalue weighted by Gasteiger charge is 2.48. The summed E-state index contributed by atoms with van der Waals surface area (Å²) in [6, 6.07) is 11.8. The van der Waals surface area contributed by atoms with Crippen molar-refractivity contribution in [2.45, 2.75) is 117 Å². The second kappa shape index (κ2) is 20.2. The number of benzene rings is 1. The van der Waals surface area contributed by atoms with Gasteiger partial charge in [0.05, 0.1) is 69.3 Å². The summed E-state index contributed by atoms with van der Waals surface area (Å²) in [6.07, 6.45) is 12.9. The third-order valence-corrected chi connectivity index (χ3v) is 12.7. The van der Waals surface area contributed by atoms with Gasteiger partial charge in [-0.1, -0.05) is 63.4 Å². The van der Waals surface area contributed by atoms with Crippen molar-refractivity contribution in [3.8, 4) is 23.7 Å². The van der Waals surface area contributed by atoms with Crippen molar-refractivity contribution in [3.63, 3.8) is 0 Å². The monoisotopic (exact) mass is 823 g/mol. The first-order chi connectivity index (χ1) is 29.1. The Balaban J connectivity index is 0.977. The molecule has 0 fully saturated rings. The van der Waals surface area contributed by atoms with Gasteiger partial charge in [0.25, 0.3) is 5.56 Å². The number of unbranched alkanes of at least 4 members (excludes halogenated alkanes) is 2. The number of terminal acetylenes is 1. The van der Waals surface area contributed by atoms with Crippen LogP contribution in [0.5, 0.6) is 0 Å². The second-order valence-electron chi connectivity index (χ2n) is 16.5. The van der Waals surface area contributed by atoms with Crippen molar-refractivity contribution in [1.82, 2.24) is 24.5 Å². The number of ketones is 1. The van der Waals surface area contributed by atoms with Crippen molar-refractivity contribution < 1.29 is 33.3 Å². The van der Waals surface area contributed by atoms with E-state index in [4.69, 9.17) is 35.1 Å². The van der Waals surface area contributed by atoms with E-state index in [1.54, 1.807) is 16.4 Å². The number of pyridine rings is 2. The first-order valence-corrected chi connectivity index (χ1v) is 21.5. The van der Waals surface area contributed by atoms with Crippen LogP contribution in [0.3, 0.4) is 0 Å². The van der Waals surface area contributed by atoms with Crippen LogP contribution in [-0.2, 0) is 65.0 Å². The average molecular weight is 824 g/mol. The number of fused-ring (bicyclic) bond motifs is 5. The van der Waals surface area contributed by atoms with E-state index in [9.17, 15) is 14.4 Å². The Hall–Kier alpha value is -4.74. The number of nitrogens with zero attached hydrogens (tertiary/aromatic N) is 5. The first-order valence-electron chi connectivity index (χ1n) is 21.5. The zero-order valence-electron chi connectivity index (χ0n) is 36.1. The summed E-state index contributed by atoms with van der Waals surface area (Å²) in [5.74, 6) is 1.91. The number of Topliss-reactive ketones (excluding diaryl/α,β-unsaturated/α-hetero) is 1. The van der Waals surface area contributed by atoms with Gasteiger partial charge in [-0.2, -0.15) is 0 Å². The zero-order valence-corrected chi connectivity index (χ0v) is 36.1. The summed E-state index contributed by atoms with van der Waals surface area (Å²) < 4.78 is 33.4. The molecule has 0 saturated heterocycles. The molecular formula is C47H61N5O8. The minimum absolute atomic E-state index is 0.148. The summed E-state index contributed by atoms with van der Waals surface area (Å²) in [7, 11) is 1.69. The Bertz CT molecular complexity index is 2220.